The van der Waals surface area contributed by atoms with Crippen LogP contribution in [0.5, 0.6) is 0 Å². The predicted molar refractivity (Wildman–Crippen MR) is 113 cm³/mol. The largest absolute Gasteiger partial charge is 0.418 e. The average Bonchev–Trinajstić information content (AvgIpc) is 2.73. The summed E-state index contributed by atoms with van der Waals surface area (Å²) in [7, 11) is 0. The van der Waals surface area contributed by atoms with E-state index >= 15 is 0 Å². The van der Waals surface area contributed by atoms with Crippen LogP contribution in [0.4, 0.5) is 59.4 Å². The van der Waals surface area contributed by atoms with Gasteiger partial charge in [0.15, 0.2) is 5.82 Å². The molecule has 6 nitrogen and oxygen atoms in total. The van der Waals surface area contributed by atoms with Gasteiger partial charge in [-0.15, -0.1) is 0 Å². The third kappa shape index (κ3) is 6.18. The number of halogens is 7. The van der Waals surface area contributed by atoms with Crippen LogP contribution in [0.15, 0.2) is 42.5 Å². The van der Waals surface area contributed by atoms with Gasteiger partial charge in [-0.2, -0.15) is 31.6 Å². The first-order valence-electron chi connectivity index (χ1n) is 9.17. The fourth-order valence-corrected chi connectivity index (χ4v) is 2.65. The number of aromatic nitrogens is 1. The smallest absolute Gasteiger partial charge is 0.398 e. The second-order valence-corrected chi connectivity index (χ2v) is 6.80. The summed E-state index contributed by atoms with van der Waals surface area (Å²) in [6.45, 7) is 1.59. The fourth-order valence-electron chi connectivity index (χ4n) is 2.65. The number of pyridine rings is 1. The lowest BCUT2D eigenvalue weighted by Crippen LogP contribution is -2.09. The number of hydrogen-bond donors (Lipinski definition) is 4. The summed E-state index contributed by atoms with van der Waals surface area (Å²) in [5, 5.41) is 11.8. The molecule has 2 aromatic carbocycles. The number of rotatable bonds is 2. The van der Waals surface area contributed by atoms with Crippen molar-refractivity contribution in [2.75, 3.05) is 22.5 Å². The molecular formula is C21H17F7N6. The fraction of sp³-hybridized carbons (Fsp3) is 0.143. The zero-order chi connectivity index (χ0) is 25.8. The van der Waals surface area contributed by atoms with Gasteiger partial charge in [-0.05, 0) is 48.9 Å². The summed E-state index contributed by atoms with van der Waals surface area (Å²) in [5.41, 5.74) is 14.8. The number of hydrogen-bond acceptors (Lipinski definition) is 6. The van der Waals surface area contributed by atoms with E-state index in [1.165, 1.54) is 12.1 Å². The topological polar surface area (TPSA) is 127 Å². The van der Waals surface area contributed by atoms with E-state index in [0.717, 1.165) is 24.3 Å². The molecule has 3 aromatic rings. The molecule has 0 bridgehead atoms. The van der Waals surface area contributed by atoms with Crippen molar-refractivity contribution in [3.63, 3.8) is 0 Å². The third-order valence-corrected chi connectivity index (χ3v) is 4.41. The highest BCUT2D eigenvalue weighted by molar-refractivity contribution is 5.75. The summed E-state index contributed by atoms with van der Waals surface area (Å²) in [4.78, 5) is 3.93. The van der Waals surface area contributed by atoms with E-state index in [2.05, 4.69) is 10.3 Å². The van der Waals surface area contributed by atoms with Crippen LogP contribution in [0.1, 0.15) is 22.3 Å². The molecule has 1 aromatic heterocycles. The first kappa shape index (κ1) is 26.0. The van der Waals surface area contributed by atoms with Gasteiger partial charge in [0.2, 0.25) is 0 Å². The molecule has 0 fully saturated rings. The van der Waals surface area contributed by atoms with Gasteiger partial charge in [0.05, 0.1) is 22.4 Å². The summed E-state index contributed by atoms with van der Waals surface area (Å²) >= 11 is 0. The van der Waals surface area contributed by atoms with Gasteiger partial charge in [0, 0.05) is 11.4 Å². The molecule has 180 valence electrons. The number of nitriles is 1. The van der Waals surface area contributed by atoms with E-state index in [9.17, 15) is 36.0 Å². The summed E-state index contributed by atoms with van der Waals surface area (Å²) in [6.07, 6.45) is -9.05. The van der Waals surface area contributed by atoms with E-state index in [1.807, 2.05) is 6.07 Å². The Morgan fingerprint density at radius 3 is 2.12 bits per heavy atom. The van der Waals surface area contributed by atoms with Gasteiger partial charge in [0.1, 0.15) is 17.7 Å². The average molecular weight is 486 g/mol. The molecule has 0 unspecified atom stereocenters. The van der Waals surface area contributed by atoms with Gasteiger partial charge < -0.3 is 22.5 Å². The molecule has 0 aliphatic heterocycles. The first-order chi connectivity index (χ1) is 15.6. The number of nitrogen functional groups attached to an aromatic ring is 3. The maximum absolute atomic E-state index is 12.7. The molecule has 13 heteroatoms. The molecule has 0 radical (unpaired) electrons. The van der Waals surface area contributed by atoms with Crippen LogP contribution >= 0.6 is 0 Å². The van der Waals surface area contributed by atoms with Gasteiger partial charge in [-0.1, -0.05) is 6.07 Å². The Kier molecular flexibility index (Phi) is 7.46. The van der Waals surface area contributed by atoms with E-state index in [0.29, 0.717) is 11.6 Å². The van der Waals surface area contributed by atoms with Gasteiger partial charge in [-0.25, -0.2) is 9.37 Å². The molecular weight excluding hydrogens is 469 g/mol. The molecule has 0 saturated carbocycles. The van der Waals surface area contributed by atoms with E-state index in [4.69, 9.17) is 17.2 Å². The highest BCUT2D eigenvalue weighted by Crippen LogP contribution is 2.34. The lowest BCUT2D eigenvalue weighted by Gasteiger charge is -2.14. The van der Waals surface area contributed by atoms with Gasteiger partial charge in [0.25, 0.3) is 0 Å². The SMILES string of the molecule is Cc1c(N)c(N)nc(Nc2cccc(C(F)(F)F)c2)c1C#N.Nc1ccc(F)cc1C(F)(F)F. The van der Waals surface area contributed by atoms with E-state index in [-0.39, 0.29) is 28.6 Å². The number of alkyl halides is 6. The molecule has 0 amide bonds. The Bertz CT molecular complexity index is 1230. The molecule has 34 heavy (non-hydrogen) atoms. The van der Waals surface area contributed by atoms with Crippen molar-refractivity contribution in [3.05, 3.63) is 70.5 Å². The normalized spacial score (nSPS) is 11.3. The highest BCUT2D eigenvalue weighted by atomic mass is 19.4. The van der Waals surface area contributed by atoms with Crippen molar-refractivity contribution in [2.45, 2.75) is 19.3 Å². The summed E-state index contributed by atoms with van der Waals surface area (Å²) in [5.74, 6) is -0.881. The number of benzene rings is 2. The number of nitrogens with zero attached hydrogens (tertiary/aromatic N) is 2. The monoisotopic (exact) mass is 486 g/mol. The predicted octanol–water partition coefficient (Wildman–Crippen LogP) is 5.62. The molecule has 3 rings (SSSR count). The van der Waals surface area contributed by atoms with Gasteiger partial charge >= 0.3 is 12.4 Å². The lowest BCUT2D eigenvalue weighted by atomic mass is 10.1. The summed E-state index contributed by atoms with van der Waals surface area (Å²) in [6, 6.07) is 8.61. The second-order valence-electron chi connectivity index (χ2n) is 6.80. The Hall–Kier alpha value is -4.21. The minimum atomic E-state index is -4.59. The van der Waals surface area contributed by atoms with Crippen LogP contribution < -0.4 is 22.5 Å². The molecule has 0 spiro atoms. The third-order valence-electron chi connectivity index (χ3n) is 4.41. The van der Waals surface area contributed by atoms with Crippen LogP contribution in [-0.4, -0.2) is 4.98 Å². The quantitative estimate of drug-likeness (QED) is 0.275. The Morgan fingerprint density at radius 1 is 0.941 bits per heavy atom. The van der Waals surface area contributed by atoms with Crippen LogP contribution in [0.2, 0.25) is 0 Å². The van der Waals surface area contributed by atoms with E-state index < -0.39 is 35.0 Å². The van der Waals surface area contributed by atoms with Crippen molar-refractivity contribution in [3.8, 4) is 6.07 Å². The Labute approximate surface area is 188 Å². The molecule has 7 N–H and O–H groups in total. The zero-order valence-corrected chi connectivity index (χ0v) is 17.3. The van der Waals surface area contributed by atoms with E-state index in [1.54, 1.807) is 6.92 Å². The van der Waals surface area contributed by atoms with Crippen molar-refractivity contribution < 1.29 is 30.7 Å². The standard InChI is InChI=1S/C14H12F3N5.C7H5F4N/c1-7-10(6-18)13(22-12(20)11(7)19)21-9-4-2-3-8(5-9)14(15,16)17;8-4-1-2-6(12)5(3-4)7(9,10)11/h2-5H,19H2,1H3,(H3,20,21,22);1-3H,12H2. The second kappa shape index (κ2) is 9.74. The van der Waals surface area contributed by atoms with Crippen LogP contribution in [0, 0.1) is 24.1 Å². The maximum atomic E-state index is 12.7. The number of nitrogens with two attached hydrogens (primary N) is 3. The minimum Gasteiger partial charge on any atom is -0.398 e. The van der Waals surface area contributed by atoms with Crippen molar-refractivity contribution in [2.24, 2.45) is 0 Å². The van der Waals surface area contributed by atoms with Gasteiger partial charge in [-0.3, -0.25) is 0 Å². The minimum absolute atomic E-state index is 0.00553. The Morgan fingerprint density at radius 2 is 1.59 bits per heavy atom. The van der Waals surface area contributed by atoms with Crippen LogP contribution in [-0.2, 0) is 12.4 Å². The maximum Gasteiger partial charge on any atom is 0.418 e. The number of anilines is 5. The molecule has 0 saturated heterocycles. The van der Waals surface area contributed by atoms with Crippen LogP contribution in [0.3, 0.4) is 0 Å². The molecule has 0 aliphatic rings. The molecule has 0 aliphatic carbocycles. The Balaban J connectivity index is 0.000000287. The molecule has 1 heterocycles. The highest BCUT2D eigenvalue weighted by Gasteiger charge is 2.33. The zero-order valence-electron chi connectivity index (χ0n) is 17.3. The van der Waals surface area contributed by atoms with Crippen molar-refractivity contribution in [1.29, 1.82) is 5.26 Å². The van der Waals surface area contributed by atoms with Crippen molar-refractivity contribution in [1.82, 2.24) is 4.98 Å². The van der Waals surface area contributed by atoms with Crippen LogP contribution in [0.25, 0.3) is 0 Å². The number of nitrogens with one attached hydrogen (secondary N) is 1. The summed E-state index contributed by atoms with van der Waals surface area (Å²) < 4.78 is 86.4. The first-order valence-corrected chi connectivity index (χ1v) is 9.17. The lowest BCUT2D eigenvalue weighted by molar-refractivity contribution is -0.138. The molecule has 0 atom stereocenters. The van der Waals surface area contributed by atoms with Crippen molar-refractivity contribution >= 4 is 28.7 Å².